The molecule has 1 rings (SSSR count). The summed E-state index contributed by atoms with van der Waals surface area (Å²) in [5.41, 5.74) is -0.631. The number of sulfonamides is 1. The molecule has 0 aliphatic rings. The Kier molecular flexibility index (Phi) is 4.51. The summed E-state index contributed by atoms with van der Waals surface area (Å²) >= 11 is 0. The molecule has 0 aliphatic carbocycles. The van der Waals surface area contributed by atoms with Gasteiger partial charge in [-0.2, -0.15) is 0 Å². The molecule has 8 heteroatoms. The third-order valence-corrected chi connectivity index (χ3v) is 3.58. The number of nitrogens with two attached hydrogens (primary N) is 1. The Balaban J connectivity index is 3.83. The van der Waals surface area contributed by atoms with Gasteiger partial charge in [-0.3, -0.25) is 4.79 Å². The van der Waals surface area contributed by atoms with Gasteiger partial charge in [-0.05, 0) is 12.1 Å². The quantitative estimate of drug-likeness (QED) is 0.778. The van der Waals surface area contributed by atoms with Gasteiger partial charge in [0.1, 0.15) is 11.3 Å². The van der Waals surface area contributed by atoms with Crippen LogP contribution in [0.15, 0.2) is 17.0 Å². The molecule has 0 aromatic heterocycles. The normalized spacial score (nSPS) is 11.4. The van der Waals surface area contributed by atoms with Gasteiger partial charge in [0.05, 0.1) is 17.6 Å². The van der Waals surface area contributed by atoms with Crippen molar-refractivity contribution in [3.05, 3.63) is 23.3 Å². The summed E-state index contributed by atoms with van der Waals surface area (Å²) in [5, 5.41) is 14.1. The third kappa shape index (κ3) is 2.97. The SMILES string of the molecule is COc1c(C(=O)O)ccc(S(N)(=O)=O)c1C(=O)C(C)C. The molecule has 0 fully saturated rings. The minimum atomic E-state index is -4.18. The molecule has 0 bridgehead atoms. The Morgan fingerprint density at radius 2 is 1.85 bits per heavy atom. The maximum Gasteiger partial charge on any atom is 0.339 e. The lowest BCUT2D eigenvalue weighted by Crippen LogP contribution is -2.21. The molecule has 0 atom stereocenters. The van der Waals surface area contributed by atoms with E-state index in [2.05, 4.69) is 0 Å². The molecule has 0 saturated carbocycles. The summed E-state index contributed by atoms with van der Waals surface area (Å²) in [6.07, 6.45) is 0. The number of carbonyl (C=O) groups excluding carboxylic acids is 1. The molecule has 0 aliphatic heterocycles. The number of hydrogen-bond donors (Lipinski definition) is 2. The van der Waals surface area contributed by atoms with Crippen molar-refractivity contribution in [1.82, 2.24) is 0 Å². The Bertz CT molecular complexity index is 663. The minimum Gasteiger partial charge on any atom is -0.495 e. The number of Topliss-reactive ketones (excluding diaryl/α,β-unsaturated/α-hetero) is 1. The molecule has 1 aromatic rings. The standard InChI is InChI=1S/C12H15NO6S/c1-6(2)10(14)9-8(20(13,17)18)5-4-7(12(15)16)11(9)19-3/h4-6H,1-3H3,(H,15,16)(H2,13,17,18). The zero-order chi connectivity index (χ0) is 15.7. The summed E-state index contributed by atoms with van der Waals surface area (Å²) in [6.45, 7) is 3.12. The molecule has 0 unspecified atom stereocenters. The van der Waals surface area contributed by atoms with Crippen LogP contribution in [0.1, 0.15) is 34.6 Å². The van der Waals surface area contributed by atoms with E-state index in [-0.39, 0.29) is 16.9 Å². The summed E-state index contributed by atoms with van der Waals surface area (Å²) in [4.78, 5) is 22.8. The summed E-state index contributed by atoms with van der Waals surface area (Å²) in [7, 11) is -3.02. The van der Waals surface area contributed by atoms with E-state index >= 15 is 0 Å². The van der Waals surface area contributed by atoms with Gasteiger partial charge in [0.25, 0.3) is 0 Å². The molecular formula is C12H15NO6S. The highest BCUT2D eigenvalue weighted by atomic mass is 32.2. The number of ether oxygens (including phenoxy) is 1. The predicted molar refractivity (Wildman–Crippen MR) is 70.5 cm³/mol. The minimum absolute atomic E-state index is 0.302. The van der Waals surface area contributed by atoms with Crippen LogP contribution in [-0.2, 0) is 10.0 Å². The van der Waals surface area contributed by atoms with Gasteiger partial charge in [-0.25, -0.2) is 18.4 Å². The topological polar surface area (TPSA) is 124 Å². The van der Waals surface area contributed by atoms with Gasteiger partial charge in [0, 0.05) is 5.92 Å². The molecule has 0 amide bonds. The number of carboxylic acids is 1. The van der Waals surface area contributed by atoms with Crippen molar-refractivity contribution in [3.63, 3.8) is 0 Å². The Morgan fingerprint density at radius 3 is 2.20 bits per heavy atom. The lowest BCUT2D eigenvalue weighted by atomic mass is 9.97. The van der Waals surface area contributed by atoms with Crippen LogP contribution in [0.4, 0.5) is 0 Å². The highest BCUT2D eigenvalue weighted by Crippen LogP contribution is 2.31. The molecule has 0 radical (unpaired) electrons. The van der Waals surface area contributed by atoms with Crippen LogP contribution in [0.5, 0.6) is 5.75 Å². The maximum absolute atomic E-state index is 12.2. The van der Waals surface area contributed by atoms with E-state index in [9.17, 15) is 18.0 Å². The number of benzene rings is 1. The number of ketones is 1. The van der Waals surface area contributed by atoms with Crippen LogP contribution in [-0.4, -0.2) is 32.4 Å². The average molecular weight is 301 g/mol. The first-order valence-corrected chi connectivity index (χ1v) is 7.17. The number of rotatable bonds is 5. The summed E-state index contributed by atoms with van der Waals surface area (Å²) in [6, 6.07) is 2.04. The highest BCUT2D eigenvalue weighted by molar-refractivity contribution is 7.89. The van der Waals surface area contributed by atoms with Crippen LogP contribution in [0.2, 0.25) is 0 Å². The van der Waals surface area contributed by atoms with Crippen molar-refractivity contribution in [2.75, 3.05) is 7.11 Å². The Morgan fingerprint density at radius 1 is 1.30 bits per heavy atom. The van der Waals surface area contributed by atoms with E-state index in [1.807, 2.05) is 0 Å². The molecular weight excluding hydrogens is 286 g/mol. The maximum atomic E-state index is 12.2. The van der Waals surface area contributed by atoms with Gasteiger partial charge < -0.3 is 9.84 Å². The van der Waals surface area contributed by atoms with Crippen molar-refractivity contribution in [3.8, 4) is 5.75 Å². The monoisotopic (exact) mass is 301 g/mol. The number of carbonyl (C=O) groups is 2. The lowest BCUT2D eigenvalue weighted by molar-refractivity contribution is 0.0693. The molecule has 110 valence electrons. The van der Waals surface area contributed by atoms with Crippen molar-refractivity contribution >= 4 is 21.8 Å². The van der Waals surface area contributed by atoms with Gasteiger partial charge in [0.15, 0.2) is 5.78 Å². The first-order valence-electron chi connectivity index (χ1n) is 5.62. The fourth-order valence-electron chi connectivity index (χ4n) is 1.70. The van der Waals surface area contributed by atoms with Crippen LogP contribution < -0.4 is 9.88 Å². The van der Waals surface area contributed by atoms with E-state index in [1.165, 1.54) is 0 Å². The number of aromatic carboxylic acids is 1. The van der Waals surface area contributed by atoms with Crippen LogP contribution in [0, 0.1) is 5.92 Å². The van der Waals surface area contributed by atoms with Gasteiger partial charge >= 0.3 is 5.97 Å². The molecule has 0 spiro atoms. The van der Waals surface area contributed by atoms with Crippen LogP contribution >= 0.6 is 0 Å². The van der Waals surface area contributed by atoms with Gasteiger partial charge in [0.2, 0.25) is 10.0 Å². The Labute approximate surface area is 116 Å². The van der Waals surface area contributed by atoms with Crippen molar-refractivity contribution in [1.29, 1.82) is 0 Å². The van der Waals surface area contributed by atoms with Crippen molar-refractivity contribution in [2.45, 2.75) is 18.7 Å². The van der Waals surface area contributed by atoms with E-state index in [0.717, 1.165) is 19.2 Å². The molecule has 20 heavy (non-hydrogen) atoms. The third-order valence-electron chi connectivity index (χ3n) is 2.63. The fraction of sp³-hybridized carbons (Fsp3) is 0.333. The van der Waals surface area contributed by atoms with Gasteiger partial charge in [-0.1, -0.05) is 13.8 Å². The second-order valence-corrected chi connectivity index (χ2v) is 5.92. The second-order valence-electron chi connectivity index (χ2n) is 4.39. The Hall–Kier alpha value is -1.93. The number of carboxylic acid groups (broad SMARTS) is 1. The fourth-order valence-corrected chi connectivity index (χ4v) is 2.44. The number of methoxy groups -OCH3 is 1. The van der Waals surface area contributed by atoms with E-state index < -0.39 is 32.6 Å². The first kappa shape index (κ1) is 16.1. The molecule has 7 nitrogen and oxygen atoms in total. The van der Waals surface area contributed by atoms with Crippen molar-refractivity contribution < 1.29 is 27.9 Å². The smallest absolute Gasteiger partial charge is 0.339 e. The van der Waals surface area contributed by atoms with E-state index in [4.69, 9.17) is 15.0 Å². The molecule has 0 heterocycles. The number of hydrogen-bond acceptors (Lipinski definition) is 5. The van der Waals surface area contributed by atoms with E-state index in [0.29, 0.717) is 0 Å². The average Bonchev–Trinajstić information content (AvgIpc) is 2.34. The van der Waals surface area contributed by atoms with E-state index in [1.54, 1.807) is 13.8 Å². The lowest BCUT2D eigenvalue weighted by Gasteiger charge is -2.15. The second kappa shape index (κ2) is 5.59. The van der Waals surface area contributed by atoms with Crippen LogP contribution in [0.3, 0.4) is 0 Å². The summed E-state index contributed by atoms with van der Waals surface area (Å²) < 4.78 is 28.0. The molecule has 1 aromatic carbocycles. The zero-order valence-corrected chi connectivity index (χ0v) is 12.0. The predicted octanol–water partition coefficient (Wildman–Crippen LogP) is 0.880. The number of primary sulfonamides is 1. The largest absolute Gasteiger partial charge is 0.495 e. The van der Waals surface area contributed by atoms with Crippen molar-refractivity contribution in [2.24, 2.45) is 11.1 Å². The molecule has 3 N–H and O–H groups in total. The summed E-state index contributed by atoms with van der Waals surface area (Å²) in [5.74, 6) is -2.74. The van der Waals surface area contributed by atoms with Gasteiger partial charge in [-0.15, -0.1) is 0 Å². The molecule has 0 saturated heterocycles. The highest BCUT2D eigenvalue weighted by Gasteiger charge is 2.29. The zero-order valence-electron chi connectivity index (χ0n) is 11.2. The van der Waals surface area contributed by atoms with Crippen LogP contribution in [0.25, 0.3) is 0 Å². The first-order chi connectivity index (χ1) is 9.11.